The first-order valence-corrected chi connectivity index (χ1v) is 12.2. The summed E-state index contributed by atoms with van der Waals surface area (Å²) >= 11 is 0. The number of sulfone groups is 1. The lowest BCUT2D eigenvalue weighted by Crippen LogP contribution is -2.46. The number of nitrogens with zero attached hydrogens (tertiary/aromatic N) is 3. The van der Waals surface area contributed by atoms with Crippen LogP contribution < -0.4 is 15.5 Å². The Morgan fingerprint density at radius 1 is 1.23 bits per heavy atom. The van der Waals surface area contributed by atoms with Crippen molar-refractivity contribution >= 4 is 45.5 Å². The van der Waals surface area contributed by atoms with Gasteiger partial charge in [-0.05, 0) is 37.6 Å². The number of guanidine groups is 1. The molecule has 2 aliphatic heterocycles. The van der Waals surface area contributed by atoms with Gasteiger partial charge in [-0.15, -0.1) is 24.0 Å². The predicted octanol–water partition coefficient (Wildman–Crippen LogP) is 1.83. The first kappa shape index (κ1) is 25.1. The van der Waals surface area contributed by atoms with Crippen LogP contribution in [0.15, 0.2) is 23.2 Å². The molecule has 0 aromatic heterocycles. The van der Waals surface area contributed by atoms with Crippen molar-refractivity contribution in [3.8, 4) is 0 Å². The molecule has 2 fully saturated rings. The highest BCUT2D eigenvalue weighted by molar-refractivity contribution is 14.0. The monoisotopic (exact) mass is 553 g/mol. The molecule has 2 saturated heterocycles. The lowest BCUT2D eigenvalue weighted by Gasteiger charge is -2.35. The molecule has 1 aromatic carbocycles. The highest BCUT2D eigenvalue weighted by atomic mass is 127. The molecule has 3 rings (SSSR count). The van der Waals surface area contributed by atoms with E-state index in [1.807, 2.05) is 19.1 Å². The van der Waals surface area contributed by atoms with Gasteiger partial charge in [-0.25, -0.2) is 17.8 Å². The normalized spacial score (nSPS) is 21.9. The molecule has 1 atom stereocenters. The molecule has 1 aromatic rings. The Balaban J connectivity index is 0.00000320. The number of halogens is 2. The second kappa shape index (κ2) is 11.5. The van der Waals surface area contributed by atoms with Crippen molar-refractivity contribution in [1.29, 1.82) is 0 Å². The molecular weight excluding hydrogens is 520 g/mol. The molecule has 2 N–H and O–H groups in total. The van der Waals surface area contributed by atoms with E-state index in [0.29, 0.717) is 31.2 Å². The van der Waals surface area contributed by atoms with Gasteiger partial charge in [0.05, 0.1) is 23.7 Å². The van der Waals surface area contributed by atoms with Gasteiger partial charge in [-0.3, -0.25) is 0 Å². The van der Waals surface area contributed by atoms with Crippen molar-refractivity contribution < 1.29 is 12.8 Å². The van der Waals surface area contributed by atoms with E-state index in [1.54, 1.807) is 6.07 Å². The third kappa shape index (κ3) is 6.94. The van der Waals surface area contributed by atoms with E-state index in [1.165, 1.54) is 0 Å². The summed E-state index contributed by atoms with van der Waals surface area (Å²) in [4.78, 5) is 8.97. The quantitative estimate of drug-likeness (QED) is 0.318. The Labute approximate surface area is 196 Å². The van der Waals surface area contributed by atoms with Crippen LogP contribution in [-0.2, 0) is 16.4 Å². The number of hydrogen-bond acceptors (Lipinski definition) is 5. The largest absolute Gasteiger partial charge is 0.367 e. The van der Waals surface area contributed by atoms with Gasteiger partial charge in [0.15, 0.2) is 15.8 Å². The molecule has 0 amide bonds. The number of aliphatic imine (C=N–C) groups is 1. The van der Waals surface area contributed by atoms with Crippen LogP contribution >= 0.6 is 24.0 Å². The summed E-state index contributed by atoms with van der Waals surface area (Å²) in [6, 6.07) is 5.18. The molecular formula is C20H33FIN5O2S. The minimum atomic E-state index is -2.95. The van der Waals surface area contributed by atoms with Gasteiger partial charge < -0.3 is 20.4 Å². The number of likely N-dealkylation sites (N-methyl/N-ethyl adjacent to an activating group) is 1. The summed E-state index contributed by atoms with van der Waals surface area (Å²) in [5, 5.41) is 6.32. The van der Waals surface area contributed by atoms with Crippen LogP contribution in [0.2, 0.25) is 0 Å². The van der Waals surface area contributed by atoms with Gasteiger partial charge in [0.1, 0.15) is 5.82 Å². The molecule has 170 valence electrons. The summed E-state index contributed by atoms with van der Waals surface area (Å²) in [5.74, 6) is 0.687. The molecule has 0 bridgehead atoms. The lowest BCUT2D eigenvalue weighted by molar-refractivity contribution is 0.270. The second-order valence-corrected chi connectivity index (χ2v) is 9.88. The van der Waals surface area contributed by atoms with Crippen LogP contribution in [0.4, 0.5) is 10.1 Å². The first-order chi connectivity index (χ1) is 13.9. The lowest BCUT2D eigenvalue weighted by atomic mass is 10.1. The fourth-order valence-corrected chi connectivity index (χ4v) is 5.48. The van der Waals surface area contributed by atoms with Crippen LogP contribution in [0, 0.1) is 5.82 Å². The van der Waals surface area contributed by atoms with Crippen molar-refractivity contribution in [1.82, 2.24) is 15.5 Å². The van der Waals surface area contributed by atoms with Crippen molar-refractivity contribution in [2.75, 3.05) is 55.7 Å². The zero-order chi connectivity index (χ0) is 20.9. The summed E-state index contributed by atoms with van der Waals surface area (Å²) in [5.41, 5.74) is 1.43. The molecule has 10 heteroatoms. The Kier molecular flexibility index (Phi) is 9.61. The predicted molar refractivity (Wildman–Crippen MR) is 131 cm³/mol. The smallest absolute Gasteiger partial charge is 0.191 e. The van der Waals surface area contributed by atoms with Crippen LogP contribution in [0.3, 0.4) is 0 Å². The van der Waals surface area contributed by atoms with E-state index in [4.69, 9.17) is 0 Å². The topological polar surface area (TPSA) is 77.0 Å². The average Bonchev–Trinajstić information content (AvgIpc) is 3.05. The maximum atomic E-state index is 14.7. The van der Waals surface area contributed by atoms with Crippen LogP contribution in [0.1, 0.15) is 25.8 Å². The second-order valence-electron chi connectivity index (χ2n) is 7.65. The van der Waals surface area contributed by atoms with E-state index in [2.05, 4.69) is 32.3 Å². The molecule has 2 heterocycles. The first-order valence-electron chi connectivity index (χ1n) is 10.4. The van der Waals surface area contributed by atoms with Crippen molar-refractivity contribution in [2.24, 2.45) is 4.99 Å². The van der Waals surface area contributed by atoms with Gasteiger partial charge in [0, 0.05) is 38.8 Å². The van der Waals surface area contributed by atoms with Crippen LogP contribution in [-0.4, -0.2) is 76.1 Å². The van der Waals surface area contributed by atoms with E-state index < -0.39 is 9.84 Å². The molecule has 0 radical (unpaired) electrons. The van der Waals surface area contributed by atoms with E-state index in [9.17, 15) is 12.8 Å². The van der Waals surface area contributed by atoms with Crippen molar-refractivity contribution in [3.05, 3.63) is 29.6 Å². The fraction of sp³-hybridized carbons (Fsp3) is 0.650. The zero-order valence-electron chi connectivity index (χ0n) is 17.7. The standard InChI is InChI=1S/C20H32FN5O2S.HI/c1-3-22-20(24-17-7-12-29(27,28)15-17)23-14-16-5-6-19(18(21)13-16)26-10-8-25(4-2)9-11-26;/h5-6,13,17H,3-4,7-12,14-15H2,1-2H3,(H2,22,23,24);1H. The summed E-state index contributed by atoms with van der Waals surface area (Å²) < 4.78 is 38.0. The number of benzene rings is 1. The average molecular weight is 553 g/mol. The molecule has 7 nitrogen and oxygen atoms in total. The Morgan fingerprint density at radius 2 is 1.97 bits per heavy atom. The number of hydrogen-bond donors (Lipinski definition) is 2. The minimum Gasteiger partial charge on any atom is -0.367 e. The molecule has 0 saturated carbocycles. The van der Waals surface area contributed by atoms with E-state index in [-0.39, 0.29) is 47.3 Å². The summed E-state index contributed by atoms with van der Waals surface area (Å²) in [7, 11) is -2.95. The van der Waals surface area contributed by atoms with Gasteiger partial charge >= 0.3 is 0 Å². The van der Waals surface area contributed by atoms with Gasteiger partial charge in [-0.2, -0.15) is 0 Å². The Morgan fingerprint density at radius 3 is 2.53 bits per heavy atom. The third-order valence-corrected chi connectivity index (χ3v) is 7.28. The maximum Gasteiger partial charge on any atom is 0.191 e. The molecule has 0 spiro atoms. The summed E-state index contributed by atoms with van der Waals surface area (Å²) in [6.45, 7) is 9.71. The van der Waals surface area contributed by atoms with Crippen molar-refractivity contribution in [2.45, 2.75) is 32.9 Å². The number of rotatable bonds is 6. The van der Waals surface area contributed by atoms with Gasteiger partial charge in [-0.1, -0.05) is 13.0 Å². The zero-order valence-corrected chi connectivity index (χ0v) is 20.9. The Bertz CT molecular complexity index is 828. The molecule has 0 aliphatic carbocycles. The highest BCUT2D eigenvalue weighted by Gasteiger charge is 2.28. The number of piperazine rings is 1. The van der Waals surface area contributed by atoms with Crippen LogP contribution in [0.25, 0.3) is 0 Å². The summed E-state index contributed by atoms with van der Waals surface area (Å²) in [6.07, 6.45) is 0.585. The maximum absolute atomic E-state index is 14.7. The molecule has 1 unspecified atom stereocenters. The SMILES string of the molecule is CCNC(=NCc1ccc(N2CCN(CC)CC2)c(F)c1)NC1CCS(=O)(=O)C1.I. The third-order valence-electron chi connectivity index (χ3n) is 5.51. The fourth-order valence-electron chi connectivity index (χ4n) is 3.80. The Hall–Kier alpha value is -1.14. The number of nitrogens with one attached hydrogen (secondary N) is 2. The van der Waals surface area contributed by atoms with Gasteiger partial charge in [0.2, 0.25) is 0 Å². The van der Waals surface area contributed by atoms with Gasteiger partial charge in [0.25, 0.3) is 0 Å². The van der Waals surface area contributed by atoms with E-state index >= 15 is 0 Å². The highest BCUT2D eigenvalue weighted by Crippen LogP contribution is 2.22. The van der Waals surface area contributed by atoms with Crippen LogP contribution in [0.5, 0.6) is 0 Å². The van der Waals surface area contributed by atoms with Crippen molar-refractivity contribution in [3.63, 3.8) is 0 Å². The molecule has 30 heavy (non-hydrogen) atoms. The minimum absolute atomic E-state index is 0. The molecule has 2 aliphatic rings. The number of anilines is 1. The van der Waals surface area contributed by atoms with E-state index in [0.717, 1.165) is 38.3 Å².